The van der Waals surface area contributed by atoms with Gasteiger partial charge in [-0.1, -0.05) is 20.3 Å². The van der Waals surface area contributed by atoms with E-state index in [1.165, 1.54) is 6.42 Å². The summed E-state index contributed by atoms with van der Waals surface area (Å²) in [6, 6.07) is 3.76. The first-order valence-electron chi connectivity index (χ1n) is 5.52. The fourth-order valence-electron chi connectivity index (χ4n) is 1.58. The molecule has 1 aromatic rings. The van der Waals surface area contributed by atoms with Crippen LogP contribution in [-0.2, 0) is 13.2 Å². The Morgan fingerprint density at radius 3 is 2.60 bits per heavy atom. The summed E-state index contributed by atoms with van der Waals surface area (Å²) in [4.78, 5) is 2.24. The predicted molar refractivity (Wildman–Crippen MR) is 60.4 cm³/mol. The van der Waals surface area contributed by atoms with Crippen LogP contribution in [0.2, 0.25) is 0 Å². The van der Waals surface area contributed by atoms with E-state index in [2.05, 4.69) is 25.8 Å². The van der Waals surface area contributed by atoms with Crippen molar-refractivity contribution in [2.24, 2.45) is 5.92 Å². The smallest absolute Gasteiger partial charge is 0.129 e. The topological polar surface area (TPSA) is 36.6 Å². The van der Waals surface area contributed by atoms with E-state index >= 15 is 0 Å². The maximum absolute atomic E-state index is 8.86. The minimum absolute atomic E-state index is 0.0188. The lowest BCUT2D eigenvalue weighted by atomic mass is 10.1. The van der Waals surface area contributed by atoms with E-state index in [0.29, 0.717) is 11.7 Å². The Labute approximate surface area is 91.7 Å². The van der Waals surface area contributed by atoms with Gasteiger partial charge in [-0.15, -0.1) is 0 Å². The summed E-state index contributed by atoms with van der Waals surface area (Å²) >= 11 is 0. The van der Waals surface area contributed by atoms with Gasteiger partial charge in [-0.05, 0) is 25.1 Å². The molecular weight excluding hydrogens is 190 g/mol. The van der Waals surface area contributed by atoms with Gasteiger partial charge in [0.15, 0.2) is 0 Å². The molecule has 0 aliphatic rings. The highest BCUT2D eigenvalue weighted by Gasteiger charge is 2.07. The van der Waals surface area contributed by atoms with Crippen molar-refractivity contribution in [3.05, 3.63) is 23.7 Å². The molecule has 0 spiro atoms. The maximum atomic E-state index is 8.86. The van der Waals surface area contributed by atoms with E-state index in [0.717, 1.165) is 18.8 Å². The van der Waals surface area contributed by atoms with Crippen molar-refractivity contribution in [3.8, 4) is 0 Å². The molecule has 0 bridgehead atoms. The van der Waals surface area contributed by atoms with Crippen LogP contribution in [-0.4, -0.2) is 23.6 Å². The second-order valence-electron chi connectivity index (χ2n) is 4.24. The van der Waals surface area contributed by atoms with Gasteiger partial charge in [0.1, 0.15) is 18.1 Å². The molecule has 0 saturated heterocycles. The highest BCUT2D eigenvalue weighted by molar-refractivity contribution is 5.06. The van der Waals surface area contributed by atoms with E-state index in [-0.39, 0.29) is 6.61 Å². The number of aliphatic hydroxyl groups is 1. The Kier molecular flexibility index (Phi) is 4.85. The lowest BCUT2D eigenvalue weighted by molar-refractivity contribution is 0.224. The lowest BCUT2D eigenvalue weighted by Crippen LogP contribution is -2.23. The summed E-state index contributed by atoms with van der Waals surface area (Å²) in [6.45, 7) is 6.32. The summed E-state index contributed by atoms with van der Waals surface area (Å²) in [7, 11) is 2.09. The summed E-state index contributed by atoms with van der Waals surface area (Å²) < 4.78 is 5.43. The SMILES string of the molecule is CCC(C)CN(C)Cc1ccc(CO)o1. The lowest BCUT2D eigenvalue weighted by Gasteiger charge is -2.18. The van der Waals surface area contributed by atoms with E-state index in [1.807, 2.05) is 12.1 Å². The summed E-state index contributed by atoms with van der Waals surface area (Å²) in [5, 5.41) is 8.86. The van der Waals surface area contributed by atoms with Gasteiger partial charge in [0, 0.05) is 6.54 Å². The minimum Gasteiger partial charge on any atom is -0.462 e. The van der Waals surface area contributed by atoms with Crippen LogP contribution in [0.25, 0.3) is 0 Å². The van der Waals surface area contributed by atoms with Crippen molar-refractivity contribution in [2.75, 3.05) is 13.6 Å². The van der Waals surface area contributed by atoms with Crippen molar-refractivity contribution in [2.45, 2.75) is 33.4 Å². The van der Waals surface area contributed by atoms with Crippen LogP contribution in [0, 0.1) is 5.92 Å². The number of hydrogen-bond acceptors (Lipinski definition) is 3. The standard InChI is InChI=1S/C12H21NO2/c1-4-10(2)7-13(3)8-11-5-6-12(9-14)15-11/h5-6,10,14H,4,7-9H2,1-3H3. The second-order valence-corrected chi connectivity index (χ2v) is 4.24. The molecule has 1 unspecified atom stereocenters. The van der Waals surface area contributed by atoms with Crippen LogP contribution >= 0.6 is 0 Å². The zero-order valence-corrected chi connectivity index (χ0v) is 9.86. The van der Waals surface area contributed by atoms with Crippen LogP contribution in [0.1, 0.15) is 31.8 Å². The van der Waals surface area contributed by atoms with Gasteiger partial charge >= 0.3 is 0 Å². The molecule has 1 atom stereocenters. The highest BCUT2D eigenvalue weighted by atomic mass is 16.4. The molecule has 0 aliphatic heterocycles. The van der Waals surface area contributed by atoms with Gasteiger partial charge in [-0.2, -0.15) is 0 Å². The van der Waals surface area contributed by atoms with Crippen molar-refractivity contribution < 1.29 is 9.52 Å². The summed E-state index contributed by atoms with van der Waals surface area (Å²) in [5.41, 5.74) is 0. The Balaban J connectivity index is 2.40. The number of hydrogen-bond donors (Lipinski definition) is 1. The zero-order chi connectivity index (χ0) is 11.3. The van der Waals surface area contributed by atoms with E-state index in [9.17, 15) is 0 Å². The zero-order valence-electron chi connectivity index (χ0n) is 9.86. The van der Waals surface area contributed by atoms with Crippen LogP contribution in [0.3, 0.4) is 0 Å². The van der Waals surface area contributed by atoms with Crippen molar-refractivity contribution in [1.29, 1.82) is 0 Å². The fourth-order valence-corrected chi connectivity index (χ4v) is 1.58. The molecule has 1 heterocycles. The van der Waals surface area contributed by atoms with Crippen LogP contribution in [0.5, 0.6) is 0 Å². The third kappa shape index (κ3) is 4.06. The Bertz CT molecular complexity index is 283. The quantitative estimate of drug-likeness (QED) is 0.784. The van der Waals surface area contributed by atoms with Gasteiger partial charge in [0.25, 0.3) is 0 Å². The molecule has 0 aromatic carbocycles. The van der Waals surface area contributed by atoms with Crippen LogP contribution in [0.15, 0.2) is 16.5 Å². The molecule has 1 N–H and O–H groups in total. The van der Waals surface area contributed by atoms with Crippen molar-refractivity contribution in [1.82, 2.24) is 4.90 Å². The molecule has 1 aromatic heterocycles. The van der Waals surface area contributed by atoms with Crippen molar-refractivity contribution in [3.63, 3.8) is 0 Å². The van der Waals surface area contributed by atoms with Gasteiger partial charge in [0.05, 0.1) is 6.54 Å². The van der Waals surface area contributed by atoms with E-state index < -0.39 is 0 Å². The first-order valence-corrected chi connectivity index (χ1v) is 5.52. The molecule has 1 rings (SSSR count). The second kappa shape index (κ2) is 5.93. The molecular formula is C12H21NO2. The minimum atomic E-state index is -0.0188. The molecule has 15 heavy (non-hydrogen) atoms. The number of aliphatic hydroxyl groups excluding tert-OH is 1. The summed E-state index contributed by atoms with van der Waals surface area (Å²) in [6.07, 6.45) is 1.20. The van der Waals surface area contributed by atoms with Gasteiger partial charge in [0.2, 0.25) is 0 Å². The van der Waals surface area contributed by atoms with Crippen LogP contribution in [0.4, 0.5) is 0 Å². The third-order valence-corrected chi connectivity index (χ3v) is 2.62. The van der Waals surface area contributed by atoms with Gasteiger partial charge < -0.3 is 9.52 Å². The highest BCUT2D eigenvalue weighted by Crippen LogP contribution is 2.11. The first kappa shape index (κ1) is 12.3. The molecule has 0 amide bonds. The molecule has 3 nitrogen and oxygen atoms in total. The van der Waals surface area contributed by atoms with E-state index in [4.69, 9.17) is 9.52 Å². The average Bonchev–Trinajstić information content (AvgIpc) is 2.65. The number of nitrogens with zero attached hydrogens (tertiary/aromatic N) is 1. The molecule has 0 radical (unpaired) electrons. The van der Waals surface area contributed by atoms with Crippen LogP contribution < -0.4 is 0 Å². The average molecular weight is 211 g/mol. The largest absolute Gasteiger partial charge is 0.462 e. The van der Waals surface area contributed by atoms with E-state index in [1.54, 1.807) is 0 Å². The summed E-state index contributed by atoms with van der Waals surface area (Å²) in [5.74, 6) is 2.27. The maximum Gasteiger partial charge on any atom is 0.129 e. The molecule has 0 aliphatic carbocycles. The molecule has 3 heteroatoms. The number of rotatable bonds is 6. The molecule has 0 saturated carbocycles. The third-order valence-electron chi connectivity index (χ3n) is 2.62. The predicted octanol–water partition coefficient (Wildman–Crippen LogP) is 2.25. The number of furan rings is 1. The normalized spacial score (nSPS) is 13.4. The Morgan fingerprint density at radius 1 is 1.40 bits per heavy atom. The van der Waals surface area contributed by atoms with Crippen molar-refractivity contribution >= 4 is 0 Å². The first-order chi connectivity index (χ1) is 7.15. The molecule has 0 fully saturated rings. The monoisotopic (exact) mass is 211 g/mol. The Hall–Kier alpha value is -0.800. The fraction of sp³-hybridized carbons (Fsp3) is 0.667. The molecule has 86 valence electrons. The Morgan fingerprint density at radius 2 is 2.07 bits per heavy atom. The van der Waals surface area contributed by atoms with Gasteiger partial charge in [-0.25, -0.2) is 0 Å². The van der Waals surface area contributed by atoms with Gasteiger partial charge in [-0.3, -0.25) is 4.90 Å².